The van der Waals surface area contributed by atoms with Crippen LogP contribution < -0.4 is 0 Å². The second-order valence-corrected chi connectivity index (χ2v) is 5.90. The summed E-state index contributed by atoms with van der Waals surface area (Å²) >= 11 is 0. The first-order valence-electron chi connectivity index (χ1n) is 7.19. The molecule has 20 heavy (non-hydrogen) atoms. The molecule has 0 amide bonds. The van der Waals surface area contributed by atoms with Crippen LogP contribution in [0.3, 0.4) is 0 Å². The average Bonchev–Trinajstić information content (AvgIpc) is 2.38. The Morgan fingerprint density at radius 3 is 2.65 bits per heavy atom. The molecule has 1 aliphatic heterocycles. The molecular weight excluding hydrogens is 253 g/mol. The Morgan fingerprint density at radius 2 is 2.00 bits per heavy atom. The lowest BCUT2D eigenvalue weighted by atomic mass is 9.91. The van der Waals surface area contributed by atoms with Crippen LogP contribution in [0.5, 0.6) is 0 Å². The molecule has 2 atom stereocenters. The van der Waals surface area contributed by atoms with Gasteiger partial charge in [-0.3, -0.25) is 4.90 Å². The van der Waals surface area contributed by atoms with Gasteiger partial charge in [0.1, 0.15) is 12.4 Å². The van der Waals surface area contributed by atoms with Crippen molar-refractivity contribution < 1.29 is 9.50 Å². The maximum atomic E-state index is 13.3. The van der Waals surface area contributed by atoms with Crippen LogP contribution in [0, 0.1) is 29.5 Å². The summed E-state index contributed by atoms with van der Waals surface area (Å²) < 4.78 is 13.3. The molecule has 0 aliphatic carbocycles. The van der Waals surface area contributed by atoms with Gasteiger partial charge in [0.15, 0.2) is 0 Å². The summed E-state index contributed by atoms with van der Waals surface area (Å²) in [6.45, 7) is 7.31. The highest BCUT2D eigenvalue weighted by Gasteiger charge is 2.22. The van der Waals surface area contributed by atoms with Crippen LogP contribution in [0.1, 0.15) is 31.4 Å². The number of nitrogens with zero attached hydrogens (tertiary/aromatic N) is 1. The SMILES string of the molecule is CC1CC(C)CN(Cc2ccc(F)cc2C#CCO)C1. The third-order valence-corrected chi connectivity index (χ3v) is 3.71. The van der Waals surface area contributed by atoms with Crippen LogP contribution in [0.2, 0.25) is 0 Å². The van der Waals surface area contributed by atoms with Crippen molar-refractivity contribution in [3.63, 3.8) is 0 Å². The highest BCUT2D eigenvalue weighted by Crippen LogP contribution is 2.23. The predicted molar refractivity (Wildman–Crippen MR) is 78.6 cm³/mol. The summed E-state index contributed by atoms with van der Waals surface area (Å²) in [6, 6.07) is 4.74. The second-order valence-electron chi connectivity index (χ2n) is 5.90. The van der Waals surface area contributed by atoms with E-state index in [9.17, 15) is 4.39 Å². The fourth-order valence-corrected chi connectivity index (χ4v) is 3.10. The number of likely N-dealkylation sites (tertiary alicyclic amines) is 1. The molecule has 0 bridgehead atoms. The predicted octanol–water partition coefficient (Wildman–Crippen LogP) is 2.65. The minimum Gasteiger partial charge on any atom is -0.384 e. The van der Waals surface area contributed by atoms with E-state index >= 15 is 0 Å². The van der Waals surface area contributed by atoms with E-state index in [1.165, 1.54) is 18.6 Å². The van der Waals surface area contributed by atoms with E-state index in [-0.39, 0.29) is 12.4 Å². The average molecular weight is 275 g/mol. The lowest BCUT2D eigenvalue weighted by molar-refractivity contribution is 0.134. The molecule has 1 aliphatic rings. The van der Waals surface area contributed by atoms with Gasteiger partial charge >= 0.3 is 0 Å². The number of piperidine rings is 1. The number of benzene rings is 1. The maximum absolute atomic E-state index is 13.3. The zero-order valence-electron chi connectivity index (χ0n) is 12.2. The van der Waals surface area contributed by atoms with E-state index in [0.717, 1.165) is 25.2 Å². The molecule has 0 aromatic heterocycles. The standard InChI is InChI=1S/C17H22FNO/c1-13-8-14(2)11-19(10-13)12-16-5-6-17(18)9-15(16)4-3-7-20/h5-6,9,13-14,20H,7-8,10-12H2,1-2H3. The van der Waals surface area contributed by atoms with E-state index in [1.54, 1.807) is 6.07 Å². The van der Waals surface area contributed by atoms with Gasteiger partial charge in [-0.05, 0) is 36.0 Å². The van der Waals surface area contributed by atoms with Crippen LogP contribution in [0.15, 0.2) is 18.2 Å². The number of hydrogen-bond acceptors (Lipinski definition) is 2. The smallest absolute Gasteiger partial charge is 0.124 e. The van der Waals surface area contributed by atoms with E-state index in [1.807, 2.05) is 0 Å². The number of hydrogen-bond donors (Lipinski definition) is 1. The molecule has 2 rings (SSSR count). The summed E-state index contributed by atoms with van der Waals surface area (Å²) in [5.41, 5.74) is 1.72. The normalized spacial score (nSPS) is 23.2. The van der Waals surface area contributed by atoms with Gasteiger partial charge in [0.2, 0.25) is 0 Å². The van der Waals surface area contributed by atoms with Gasteiger partial charge in [-0.1, -0.05) is 31.8 Å². The van der Waals surface area contributed by atoms with Crippen molar-refractivity contribution >= 4 is 0 Å². The van der Waals surface area contributed by atoms with Gasteiger partial charge in [0.25, 0.3) is 0 Å². The zero-order chi connectivity index (χ0) is 14.5. The fraction of sp³-hybridized carbons (Fsp3) is 0.529. The number of aliphatic hydroxyl groups excluding tert-OH is 1. The van der Waals surface area contributed by atoms with Gasteiger partial charge in [0.05, 0.1) is 0 Å². The quantitative estimate of drug-likeness (QED) is 0.839. The van der Waals surface area contributed by atoms with Crippen molar-refractivity contribution in [1.82, 2.24) is 4.90 Å². The zero-order valence-corrected chi connectivity index (χ0v) is 12.2. The molecular formula is C17H22FNO. The summed E-state index contributed by atoms with van der Waals surface area (Å²) in [5.74, 6) is 6.58. The lowest BCUT2D eigenvalue weighted by Crippen LogP contribution is -2.38. The first-order chi connectivity index (χ1) is 9.58. The second kappa shape index (κ2) is 6.88. The molecule has 0 saturated carbocycles. The van der Waals surface area contributed by atoms with Gasteiger partial charge in [-0.2, -0.15) is 0 Å². The van der Waals surface area contributed by atoms with Crippen molar-refractivity contribution in [3.05, 3.63) is 35.1 Å². The molecule has 1 heterocycles. The van der Waals surface area contributed by atoms with Crippen LogP contribution in [-0.4, -0.2) is 29.7 Å². The Morgan fingerprint density at radius 1 is 1.30 bits per heavy atom. The van der Waals surface area contributed by atoms with Crippen LogP contribution in [0.25, 0.3) is 0 Å². The third kappa shape index (κ3) is 4.06. The Balaban J connectivity index is 2.16. The number of halogens is 1. The molecule has 0 spiro atoms. The molecule has 1 N–H and O–H groups in total. The summed E-state index contributed by atoms with van der Waals surface area (Å²) in [6.07, 6.45) is 1.27. The van der Waals surface area contributed by atoms with Gasteiger partial charge in [-0.15, -0.1) is 0 Å². The molecule has 0 radical (unpaired) electrons. The largest absolute Gasteiger partial charge is 0.384 e. The Labute approximate surface area is 120 Å². The monoisotopic (exact) mass is 275 g/mol. The molecule has 1 fully saturated rings. The van der Waals surface area contributed by atoms with Gasteiger partial charge < -0.3 is 5.11 Å². The van der Waals surface area contributed by atoms with E-state index < -0.39 is 0 Å². The van der Waals surface area contributed by atoms with E-state index in [0.29, 0.717) is 17.4 Å². The molecule has 1 aromatic rings. The topological polar surface area (TPSA) is 23.5 Å². The van der Waals surface area contributed by atoms with Gasteiger partial charge in [-0.25, -0.2) is 4.39 Å². The van der Waals surface area contributed by atoms with Crippen LogP contribution in [-0.2, 0) is 6.54 Å². The molecule has 108 valence electrons. The third-order valence-electron chi connectivity index (χ3n) is 3.71. The lowest BCUT2D eigenvalue weighted by Gasteiger charge is -2.35. The summed E-state index contributed by atoms with van der Waals surface area (Å²) in [5, 5.41) is 8.80. The molecule has 2 nitrogen and oxygen atoms in total. The van der Waals surface area contributed by atoms with Crippen molar-refractivity contribution in [2.45, 2.75) is 26.8 Å². The van der Waals surface area contributed by atoms with Crippen molar-refractivity contribution in [1.29, 1.82) is 0 Å². The van der Waals surface area contributed by atoms with E-state index in [4.69, 9.17) is 5.11 Å². The van der Waals surface area contributed by atoms with Crippen molar-refractivity contribution in [3.8, 4) is 11.8 Å². The Hall–Kier alpha value is -1.37. The first-order valence-corrected chi connectivity index (χ1v) is 7.19. The summed E-state index contributed by atoms with van der Waals surface area (Å²) in [4.78, 5) is 2.41. The number of rotatable bonds is 2. The summed E-state index contributed by atoms with van der Waals surface area (Å²) in [7, 11) is 0. The van der Waals surface area contributed by atoms with Crippen molar-refractivity contribution in [2.24, 2.45) is 11.8 Å². The Bertz CT molecular complexity index is 507. The number of aliphatic hydroxyl groups is 1. The van der Waals surface area contributed by atoms with Gasteiger partial charge in [0, 0.05) is 25.2 Å². The minimum atomic E-state index is -0.281. The van der Waals surface area contributed by atoms with Crippen LogP contribution >= 0.6 is 0 Å². The Kier molecular flexibility index (Phi) is 5.17. The molecule has 1 aromatic carbocycles. The molecule has 1 saturated heterocycles. The maximum Gasteiger partial charge on any atom is 0.124 e. The molecule has 3 heteroatoms. The van der Waals surface area contributed by atoms with E-state index in [2.05, 4.69) is 30.6 Å². The van der Waals surface area contributed by atoms with Crippen molar-refractivity contribution in [2.75, 3.05) is 19.7 Å². The highest BCUT2D eigenvalue weighted by atomic mass is 19.1. The molecule has 2 unspecified atom stereocenters. The minimum absolute atomic E-state index is 0.201. The highest BCUT2D eigenvalue weighted by molar-refractivity contribution is 5.41. The fourth-order valence-electron chi connectivity index (χ4n) is 3.10. The van der Waals surface area contributed by atoms with Crippen LogP contribution in [0.4, 0.5) is 4.39 Å². The first kappa shape index (κ1) is 15.0.